The monoisotopic (exact) mass is 384 g/mol. The Morgan fingerprint density at radius 2 is 1.79 bits per heavy atom. The molecule has 0 spiro atoms. The molecular formula is C18H17BrN4O. The molecule has 5 nitrogen and oxygen atoms in total. The van der Waals surface area contributed by atoms with Crippen molar-refractivity contribution in [1.82, 2.24) is 19.9 Å². The zero-order chi connectivity index (χ0) is 17.1. The molecule has 6 heteroatoms. The van der Waals surface area contributed by atoms with Crippen molar-refractivity contribution in [3.63, 3.8) is 0 Å². The van der Waals surface area contributed by atoms with Gasteiger partial charge in [-0.2, -0.15) is 0 Å². The summed E-state index contributed by atoms with van der Waals surface area (Å²) in [6.45, 7) is 1.99. The lowest BCUT2D eigenvalue weighted by Gasteiger charge is -2.24. The van der Waals surface area contributed by atoms with E-state index in [0.29, 0.717) is 5.69 Å². The normalized spacial score (nSPS) is 12.0. The van der Waals surface area contributed by atoms with E-state index < -0.39 is 0 Å². The number of aromatic nitrogens is 3. The molecule has 0 bridgehead atoms. The number of nitrogens with zero attached hydrogens (tertiary/aromatic N) is 4. The molecule has 122 valence electrons. The number of amides is 1. The van der Waals surface area contributed by atoms with Crippen LogP contribution in [0.4, 0.5) is 0 Å². The van der Waals surface area contributed by atoms with Crippen molar-refractivity contribution in [2.24, 2.45) is 0 Å². The van der Waals surface area contributed by atoms with Gasteiger partial charge in [0.25, 0.3) is 5.91 Å². The van der Waals surface area contributed by atoms with Gasteiger partial charge in [-0.3, -0.25) is 4.79 Å². The molecule has 1 amide bonds. The average Bonchev–Trinajstić information content (AvgIpc) is 3.11. The van der Waals surface area contributed by atoms with Crippen LogP contribution in [0.2, 0.25) is 0 Å². The van der Waals surface area contributed by atoms with Crippen molar-refractivity contribution in [3.05, 3.63) is 76.5 Å². The summed E-state index contributed by atoms with van der Waals surface area (Å²) < 4.78 is 2.48. The summed E-state index contributed by atoms with van der Waals surface area (Å²) in [7, 11) is 1.78. The highest BCUT2D eigenvalue weighted by Crippen LogP contribution is 2.22. The summed E-state index contributed by atoms with van der Waals surface area (Å²) >= 11 is 3.48. The number of hydrogen-bond acceptors (Lipinski definition) is 3. The Bertz CT molecular complexity index is 847. The minimum absolute atomic E-state index is 0.0488. The summed E-state index contributed by atoms with van der Waals surface area (Å²) in [5, 5.41) is 8.10. The Morgan fingerprint density at radius 1 is 1.12 bits per heavy atom. The van der Waals surface area contributed by atoms with E-state index in [-0.39, 0.29) is 11.9 Å². The Hall–Kier alpha value is -2.47. The van der Waals surface area contributed by atoms with Crippen molar-refractivity contribution in [1.29, 1.82) is 0 Å². The molecule has 0 N–H and O–H groups in total. The van der Waals surface area contributed by atoms with Gasteiger partial charge in [0.2, 0.25) is 0 Å². The second-order valence-electron chi connectivity index (χ2n) is 5.50. The summed E-state index contributed by atoms with van der Waals surface area (Å²) in [5.74, 6) is -0.162. The molecule has 3 rings (SSSR count). The zero-order valence-corrected chi connectivity index (χ0v) is 15.0. The third kappa shape index (κ3) is 3.23. The van der Waals surface area contributed by atoms with E-state index in [9.17, 15) is 4.79 Å². The van der Waals surface area contributed by atoms with Crippen LogP contribution in [-0.2, 0) is 0 Å². The van der Waals surface area contributed by atoms with Crippen molar-refractivity contribution < 1.29 is 4.79 Å². The highest BCUT2D eigenvalue weighted by molar-refractivity contribution is 9.10. The standard InChI is InChI=1S/C18H17BrN4O/c1-13(14-8-4-3-5-9-14)22(2)18(24)16-12-23(21-20-16)17-11-7-6-10-15(17)19/h3-13H,1-2H3/t13-/m1/s1. The molecule has 0 fully saturated rings. The lowest BCUT2D eigenvalue weighted by Crippen LogP contribution is -2.29. The maximum atomic E-state index is 12.7. The largest absolute Gasteiger partial charge is 0.334 e. The molecule has 0 aliphatic heterocycles. The van der Waals surface area contributed by atoms with Crippen LogP contribution in [0.25, 0.3) is 5.69 Å². The third-order valence-electron chi connectivity index (χ3n) is 4.00. The first-order chi connectivity index (χ1) is 11.6. The molecule has 0 saturated carbocycles. The van der Waals surface area contributed by atoms with Crippen LogP contribution in [0.3, 0.4) is 0 Å². The summed E-state index contributed by atoms with van der Waals surface area (Å²) in [6, 6.07) is 17.5. The van der Waals surface area contributed by atoms with Gasteiger partial charge in [0.1, 0.15) is 0 Å². The molecule has 0 unspecified atom stereocenters. The van der Waals surface area contributed by atoms with Crippen LogP contribution in [0.1, 0.15) is 29.0 Å². The SMILES string of the molecule is C[C@H](c1ccccc1)N(C)C(=O)c1cn(-c2ccccc2Br)nn1. The maximum Gasteiger partial charge on any atom is 0.276 e. The molecule has 24 heavy (non-hydrogen) atoms. The lowest BCUT2D eigenvalue weighted by atomic mass is 10.1. The van der Waals surface area contributed by atoms with Gasteiger partial charge >= 0.3 is 0 Å². The van der Waals surface area contributed by atoms with E-state index in [0.717, 1.165) is 15.7 Å². The molecule has 1 heterocycles. The minimum atomic E-state index is -0.162. The number of carbonyl (C=O) groups excluding carboxylic acids is 1. The Morgan fingerprint density at radius 3 is 2.50 bits per heavy atom. The molecule has 1 aromatic heterocycles. The average molecular weight is 385 g/mol. The fraction of sp³-hybridized carbons (Fsp3) is 0.167. The van der Waals surface area contributed by atoms with Gasteiger partial charge in [-0.1, -0.05) is 47.7 Å². The van der Waals surface area contributed by atoms with Gasteiger partial charge in [-0.15, -0.1) is 5.10 Å². The van der Waals surface area contributed by atoms with Crippen molar-refractivity contribution >= 4 is 21.8 Å². The first kappa shape index (κ1) is 16.4. The van der Waals surface area contributed by atoms with Gasteiger partial charge < -0.3 is 4.90 Å². The van der Waals surface area contributed by atoms with E-state index >= 15 is 0 Å². The fourth-order valence-corrected chi connectivity index (χ4v) is 2.90. The van der Waals surface area contributed by atoms with Crippen LogP contribution >= 0.6 is 15.9 Å². The quantitative estimate of drug-likeness (QED) is 0.685. The summed E-state index contributed by atoms with van der Waals surface area (Å²) in [4.78, 5) is 14.4. The first-order valence-corrected chi connectivity index (χ1v) is 8.36. The van der Waals surface area contributed by atoms with Crippen molar-refractivity contribution in [2.75, 3.05) is 7.05 Å². The maximum absolute atomic E-state index is 12.7. The van der Waals surface area contributed by atoms with Gasteiger partial charge in [0, 0.05) is 11.5 Å². The van der Waals surface area contributed by atoms with Crippen molar-refractivity contribution in [3.8, 4) is 5.69 Å². The Balaban J connectivity index is 1.82. The molecule has 3 aromatic rings. The van der Waals surface area contributed by atoms with Gasteiger partial charge in [0.15, 0.2) is 5.69 Å². The van der Waals surface area contributed by atoms with Crippen molar-refractivity contribution in [2.45, 2.75) is 13.0 Å². The molecule has 0 saturated heterocycles. The summed E-state index contributed by atoms with van der Waals surface area (Å²) in [5.41, 5.74) is 2.23. The number of halogens is 1. The second kappa shape index (κ2) is 6.97. The number of rotatable bonds is 4. The Labute approximate surface area is 149 Å². The van der Waals surface area contributed by atoms with Gasteiger partial charge in [0.05, 0.1) is 17.9 Å². The molecule has 0 aliphatic carbocycles. The lowest BCUT2D eigenvalue weighted by molar-refractivity contribution is 0.0736. The van der Waals surface area contributed by atoms with Crippen LogP contribution in [-0.4, -0.2) is 32.8 Å². The molecular weight excluding hydrogens is 368 g/mol. The van der Waals surface area contributed by atoms with E-state index in [4.69, 9.17) is 0 Å². The highest BCUT2D eigenvalue weighted by Gasteiger charge is 2.21. The zero-order valence-electron chi connectivity index (χ0n) is 13.4. The smallest absolute Gasteiger partial charge is 0.276 e. The van der Waals surface area contributed by atoms with E-state index in [1.807, 2.05) is 61.5 Å². The number of para-hydroxylation sites is 1. The molecule has 0 radical (unpaired) electrons. The first-order valence-electron chi connectivity index (χ1n) is 7.57. The fourth-order valence-electron chi connectivity index (χ4n) is 2.43. The van der Waals surface area contributed by atoms with Crippen LogP contribution in [0, 0.1) is 0 Å². The predicted molar refractivity (Wildman–Crippen MR) is 96.0 cm³/mol. The van der Waals surface area contributed by atoms with Crippen LogP contribution in [0.5, 0.6) is 0 Å². The van der Waals surface area contributed by atoms with E-state index in [2.05, 4.69) is 26.2 Å². The van der Waals surface area contributed by atoms with E-state index in [1.54, 1.807) is 22.8 Å². The number of benzene rings is 2. The topological polar surface area (TPSA) is 51.0 Å². The molecule has 1 atom stereocenters. The second-order valence-corrected chi connectivity index (χ2v) is 6.36. The predicted octanol–water partition coefficient (Wildman–Crippen LogP) is 3.86. The van der Waals surface area contributed by atoms with Crippen LogP contribution in [0.15, 0.2) is 65.3 Å². The van der Waals surface area contributed by atoms with Gasteiger partial charge in [-0.25, -0.2) is 4.68 Å². The minimum Gasteiger partial charge on any atom is -0.334 e. The number of hydrogen-bond donors (Lipinski definition) is 0. The van der Waals surface area contributed by atoms with E-state index in [1.165, 1.54) is 0 Å². The number of carbonyl (C=O) groups is 1. The molecule has 2 aromatic carbocycles. The Kier molecular flexibility index (Phi) is 4.76. The van der Waals surface area contributed by atoms with Crippen LogP contribution < -0.4 is 0 Å². The summed E-state index contributed by atoms with van der Waals surface area (Å²) in [6.07, 6.45) is 1.65. The van der Waals surface area contributed by atoms with Gasteiger partial charge in [-0.05, 0) is 40.5 Å². The molecule has 0 aliphatic rings. The third-order valence-corrected chi connectivity index (χ3v) is 4.67. The highest BCUT2D eigenvalue weighted by atomic mass is 79.9.